The number of guanidine groups is 1. The molecular formula is C101H161N15O31S2. The van der Waals surface area contributed by atoms with Crippen molar-refractivity contribution in [2.45, 2.75) is 275 Å². The third-order valence-corrected chi connectivity index (χ3v) is 26.9. The number of benzene rings is 2. The van der Waals surface area contributed by atoms with Gasteiger partial charge in [-0.25, -0.2) is 4.98 Å². The maximum atomic E-state index is 15.4. The van der Waals surface area contributed by atoms with Gasteiger partial charge in [0.1, 0.15) is 36.8 Å². The number of ketones is 4. The van der Waals surface area contributed by atoms with Crippen molar-refractivity contribution in [3.63, 3.8) is 0 Å². The van der Waals surface area contributed by atoms with Crippen LogP contribution in [0.2, 0.25) is 0 Å². The van der Waals surface area contributed by atoms with Crippen molar-refractivity contribution < 1.29 is 150 Å². The number of carbonyl (C=O) groups is 15. The van der Waals surface area contributed by atoms with Crippen LogP contribution in [-0.4, -0.2) is 349 Å². The molecule has 2 aliphatic rings. The molecule has 2 fully saturated rings. The van der Waals surface area contributed by atoms with Gasteiger partial charge in [0.15, 0.2) is 42.2 Å². The molecule has 7 unspecified atom stereocenters. The van der Waals surface area contributed by atoms with Gasteiger partial charge in [-0.3, -0.25) is 76.9 Å². The highest BCUT2D eigenvalue weighted by Gasteiger charge is 2.40. The molecule has 1 aliphatic carbocycles. The second kappa shape index (κ2) is 75.9. The Bertz CT molecular complexity index is 4650. The number of likely N-dealkylation sites (tertiary alicyclic amines) is 1. The van der Waals surface area contributed by atoms with Gasteiger partial charge in [-0.2, -0.15) is 0 Å². The molecule has 2 aromatic heterocycles. The molecule has 1 aliphatic heterocycles. The zero-order valence-electron chi connectivity index (χ0n) is 87.0. The van der Waals surface area contributed by atoms with E-state index in [9.17, 15) is 77.6 Å². The predicted octanol–water partition coefficient (Wildman–Crippen LogP) is 2.76. The number of aliphatic imine (C=N–C) groups is 1. The summed E-state index contributed by atoms with van der Waals surface area (Å²) in [5.41, 5.74) is 19.1. The molecule has 6 rings (SSSR count). The van der Waals surface area contributed by atoms with E-state index >= 15 is 9.59 Å². The quantitative estimate of drug-likeness (QED) is 0.00754. The molecule has 3 heterocycles. The number of hydrogen-bond donors (Lipinski definition) is 19. The highest BCUT2D eigenvalue weighted by atomic mass is 33.1. The summed E-state index contributed by atoms with van der Waals surface area (Å²) in [7, 11) is 7.34. The fourth-order valence-corrected chi connectivity index (χ4v) is 18.0. The minimum atomic E-state index is -1.64. The van der Waals surface area contributed by atoms with E-state index in [1.54, 1.807) is 18.3 Å². The van der Waals surface area contributed by atoms with E-state index < -0.39 is 176 Å². The van der Waals surface area contributed by atoms with Crippen LogP contribution in [-0.2, 0) is 134 Å². The number of ether oxygens (including phenoxy) is 9. The summed E-state index contributed by atoms with van der Waals surface area (Å²) in [4.78, 5) is 215. The first-order valence-corrected chi connectivity index (χ1v) is 53.4. The number of aliphatic carboxylic acids is 1. The number of H-pyrrole nitrogens is 2. The molecule has 0 bridgehead atoms. The number of methoxy groups -OCH3 is 3. The van der Waals surface area contributed by atoms with Crippen LogP contribution >= 0.6 is 21.6 Å². The number of nitrogens with two attached hydrogens (primary N) is 3. The van der Waals surface area contributed by atoms with Gasteiger partial charge < -0.3 is 148 Å². The number of aromatic nitrogens is 3. The molecule has 48 heteroatoms. The van der Waals surface area contributed by atoms with Crippen LogP contribution in [0.5, 0.6) is 5.75 Å². The number of rotatable bonds is 78. The van der Waals surface area contributed by atoms with Crippen LogP contribution in [0.25, 0.3) is 10.9 Å². The van der Waals surface area contributed by atoms with E-state index in [2.05, 4.69) is 57.2 Å². The van der Waals surface area contributed by atoms with Crippen molar-refractivity contribution in [2.24, 2.45) is 51.8 Å². The number of unbranched alkanes of at least 4 members (excludes halogenated alkanes) is 1. The number of aromatic amines is 2. The van der Waals surface area contributed by atoms with Crippen molar-refractivity contribution in [1.82, 2.24) is 57.1 Å². The molecule has 8 amide bonds. The number of carbonyl (C=O) groups excluding carboxylic acids is 14. The Morgan fingerprint density at radius 3 is 1.75 bits per heavy atom. The lowest BCUT2D eigenvalue weighted by Crippen LogP contribution is -2.51. The van der Waals surface area contributed by atoms with Gasteiger partial charge in [-0.15, -0.1) is 0 Å². The Kier molecular flexibility index (Phi) is 66.5. The Balaban J connectivity index is 0.00000132. The summed E-state index contributed by atoms with van der Waals surface area (Å²) in [5.74, 6) is -10.6. The SMILES string of the molecule is CCC(CO)OC(CO)OC.CCC(CO)OC(COC(=O)CCCC(=O)NCCSSCCOCCC(=O)NCCCCC(NC(=O)[C@H](CC(=O)[C@@H](CO)NC(=O)[C@H](CC(=O)[C@@H](Cc1cnc[nH]1)NC(=O)[C@H]1CCC(=O)C1)Cc1c[nH]c2ccccc12)Cc1ccc(O)cc1)C(=O)C[C@H](CC(C)C)[C@H](CCCN=C(N)N)NCC(=O)N1CCC[C@H]1C(=O)NCC(N)=O)OC.CCC(CO)OC(COC(=O)CCCC(=O)O)OC. The highest BCUT2D eigenvalue weighted by molar-refractivity contribution is 8.76. The number of carboxylic acids is 1. The lowest BCUT2D eigenvalue weighted by atomic mass is 9.82. The number of para-hydroxylation sites is 1. The van der Waals surface area contributed by atoms with Crippen molar-refractivity contribution in [1.29, 1.82) is 0 Å². The summed E-state index contributed by atoms with van der Waals surface area (Å²) in [6, 6.07) is 7.81. The Morgan fingerprint density at radius 1 is 0.591 bits per heavy atom. The number of phenols is 1. The van der Waals surface area contributed by atoms with Crippen molar-refractivity contribution in [3.05, 3.63) is 84.1 Å². The number of carboxylic acid groups (broad SMARTS) is 1. The number of nitrogens with zero attached hydrogens (tertiary/aromatic N) is 3. The van der Waals surface area contributed by atoms with Crippen LogP contribution in [0.4, 0.5) is 0 Å². The van der Waals surface area contributed by atoms with Crippen molar-refractivity contribution in [3.8, 4) is 5.75 Å². The lowest BCUT2D eigenvalue weighted by Gasteiger charge is -2.32. The van der Waals surface area contributed by atoms with E-state index in [-0.39, 0.29) is 210 Å². The second-order valence-corrected chi connectivity index (χ2v) is 39.3. The predicted molar refractivity (Wildman–Crippen MR) is 552 cm³/mol. The molecule has 0 radical (unpaired) electrons. The first-order chi connectivity index (χ1) is 71.5. The van der Waals surface area contributed by atoms with Crippen LogP contribution in [0.3, 0.4) is 0 Å². The molecule has 149 heavy (non-hydrogen) atoms. The fourth-order valence-electron chi connectivity index (χ4n) is 16.2. The van der Waals surface area contributed by atoms with Gasteiger partial charge in [0.25, 0.3) is 0 Å². The van der Waals surface area contributed by atoms with E-state index in [1.165, 1.54) is 72.5 Å². The van der Waals surface area contributed by atoms with Gasteiger partial charge in [0, 0.05) is 182 Å². The average Bonchev–Trinajstić information content (AvgIpc) is 1.67. The van der Waals surface area contributed by atoms with Gasteiger partial charge in [-0.1, -0.05) is 86.5 Å². The first kappa shape index (κ1) is 131. The summed E-state index contributed by atoms with van der Waals surface area (Å²) >= 11 is 0. The molecule has 0 spiro atoms. The number of amides is 8. The smallest absolute Gasteiger partial charge is 0.305 e. The standard InChI is InChI=1S/C82H123N15O20S2.C12H22O7.C7H16O4/c1-5-61(47-98)117-77(114-4)49-116-76(109)19-10-18-73(106)88-29-33-118-119-34-32-115-31-26-74(107)87-27-9-8-15-65(69(102)39-54(35-51(2)3)63(16-11-28-89-82(84)85)91-46-75(108)97-30-12-17-68(97)81(113)92-45-72(83)105)94-79(111)55(36-52-20-23-59(100)24-21-52)40-71(104)67(48-99)96-80(112)56(37-57-43-90-64-14-7-6-13-62(57)64)41-70(103)66(42-58-44-86-50-93-58)95-78(110)53-22-25-60(101)38-53;1-3-9(7-13)19-12(17-2)8-18-11(16)6-4-5-10(14)15;1-3-6(4-8)11-7(5-9)10-2/h6-7,13-14,20-21,23-24,43-44,50-51,53-56,61,63,65-68,77,90-91,98-100H,5,8-12,15-19,22,25-42,45-49H2,1-4H3,(H2,83,105)(H,86,93)(H,87,107)(H,88,106)(H,92,113)(H,94,111)(H,95,110)(H,96,112)(H4,84,85,89);9,12-13H,3-8H2,1-2H3,(H,14,15);6-9H,3-5H2,1-2H3/t53-,54-,55-,56-,61?,63-,65?,66+,67+,68-,77?;;/m0../s1. The zero-order valence-corrected chi connectivity index (χ0v) is 88.7. The lowest BCUT2D eigenvalue weighted by molar-refractivity contribution is -0.194. The number of primary amides is 1. The number of aliphatic hydroxyl groups is 5. The number of imidazole rings is 1. The number of fused-ring (bicyclic) bond motifs is 1. The molecule has 1 saturated carbocycles. The minimum absolute atomic E-state index is 0.0140. The molecule has 4 aromatic rings. The normalized spacial score (nSPS) is 16.0. The topological polar surface area (TPSA) is 703 Å². The van der Waals surface area contributed by atoms with Crippen molar-refractivity contribution in [2.75, 3.05) is 132 Å². The summed E-state index contributed by atoms with van der Waals surface area (Å²) in [6.07, 6.45) is 5.89. The summed E-state index contributed by atoms with van der Waals surface area (Å²) in [6.45, 7) is 8.71. The maximum Gasteiger partial charge on any atom is 0.305 e. The number of esters is 2. The number of aliphatic hydroxyl groups excluding tert-OH is 5. The van der Waals surface area contributed by atoms with Crippen LogP contribution in [0.1, 0.15) is 206 Å². The number of nitrogens with one attached hydrogen (secondary N) is 9. The Labute approximate surface area is 878 Å². The number of hydrogen-bond acceptors (Lipinski definition) is 35. The highest BCUT2D eigenvalue weighted by Crippen LogP contribution is 2.30. The van der Waals surface area contributed by atoms with Crippen LogP contribution in [0.15, 0.2) is 72.2 Å². The first-order valence-electron chi connectivity index (χ1n) is 50.9. The Hall–Kier alpha value is -10.7. The third-order valence-electron chi connectivity index (χ3n) is 24.6. The third kappa shape index (κ3) is 54.2. The van der Waals surface area contributed by atoms with Crippen LogP contribution in [0, 0.1) is 29.6 Å². The number of aromatic hydroxyl groups is 1. The Morgan fingerprint density at radius 2 is 1.18 bits per heavy atom. The van der Waals surface area contributed by atoms with Crippen LogP contribution < -0.4 is 54.4 Å². The monoisotopic (exact) mass is 2140 g/mol. The van der Waals surface area contributed by atoms with Gasteiger partial charge in [0.2, 0.25) is 47.3 Å². The molecule has 15 atom stereocenters. The van der Waals surface area contributed by atoms with E-state index in [0.29, 0.717) is 112 Å². The molecule has 838 valence electrons. The summed E-state index contributed by atoms with van der Waals surface area (Å²) in [5, 5.41) is 86.4. The van der Waals surface area contributed by atoms with E-state index in [1.807, 2.05) is 58.9 Å². The van der Waals surface area contributed by atoms with E-state index in [0.717, 1.165) is 10.9 Å². The number of Topliss-reactive ketones (excluding diaryl/α,β-unsaturated/α-hetero) is 4. The van der Waals surface area contributed by atoms with Gasteiger partial charge in [-0.05, 0) is 144 Å². The largest absolute Gasteiger partial charge is 0.508 e. The number of phenolic OH excluding ortho intramolecular Hbond substituents is 1. The van der Waals surface area contributed by atoms with Gasteiger partial charge >= 0.3 is 17.9 Å². The average molecular weight is 2150 g/mol. The summed E-state index contributed by atoms with van der Waals surface area (Å²) < 4.78 is 46.8. The van der Waals surface area contributed by atoms with Crippen molar-refractivity contribution >= 4 is 127 Å². The molecule has 22 N–H and O–H groups in total. The van der Waals surface area contributed by atoms with E-state index in [4.69, 9.17) is 80.3 Å². The fraction of sp³-hybridized carbons (Fsp3) is 0.673. The molecule has 46 nitrogen and oxygen atoms in total. The second-order valence-electron chi connectivity index (χ2n) is 36.6. The minimum Gasteiger partial charge on any atom is -0.508 e. The molecule has 2 aromatic carbocycles. The zero-order chi connectivity index (χ0) is 110. The van der Waals surface area contributed by atoms with Gasteiger partial charge in [0.05, 0.1) is 96.1 Å². The molecule has 1 saturated heterocycles. The maximum absolute atomic E-state index is 15.4. The molecular weight excluding hydrogens is 1980 g/mol.